The summed E-state index contributed by atoms with van der Waals surface area (Å²) >= 11 is 1.52. The summed E-state index contributed by atoms with van der Waals surface area (Å²) in [5.74, 6) is 0.0743. The summed E-state index contributed by atoms with van der Waals surface area (Å²) in [5.41, 5.74) is 3.17. The molecule has 0 N–H and O–H groups in total. The number of morpholine rings is 1. The summed E-state index contributed by atoms with van der Waals surface area (Å²) in [6.07, 6.45) is 0. The molecule has 1 aliphatic rings. The van der Waals surface area contributed by atoms with E-state index in [1.807, 2.05) is 41.8 Å². The van der Waals surface area contributed by atoms with Crippen LogP contribution >= 0.6 is 11.3 Å². The van der Waals surface area contributed by atoms with Crippen LogP contribution in [0.15, 0.2) is 30.3 Å². The van der Waals surface area contributed by atoms with Gasteiger partial charge < -0.3 is 9.64 Å². The highest BCUT2D eigenvalue weighted by atomic mass is 32.1. The third-order valence-corrected chi connectivity index (χ3v) is 6.40. The van der Waals surface area contributed by atoms with Crippen LogP contribution in [0.25, 0.3) is 15.9 Å². The molecule has 3 aromatic rings. The van der Waals surface area contributed by atoms with E-state index in [2.05, 4.69) is 24.0 Å². The molecule has 0 aliphatic carbocycles. The Balaban J connectivity index is 1.55. The van der Waals surface area contributed by atoms with Gasteiger partial charge in [-0.25, -0.2) is 4.68 Å². The standard InChI is InChI=1S/C21H26N4O2S/c1-15-6-4-5-7-18(15)25-21-17(16(2)22-25)14-19(28-21)20(26)23(3)8-9-24-10-12-27-13-11-24/h4-7,14H,8-13H2,1-3H3. The number of nitrogens with zero attached hydrogens (tertiary/aromatic N) is 4. The first-order valence-corrected chi connectivity index (χ1v) is 10.5. The maximum absolute atomic E-state index is 13.0. The first kappa shape index (κ1) is 19.1. The summed E-state index contributed by atoms with van der Waals surface area (Å²) in [5, 5.41) is 5.76. The van der Waals surface area contributed by atoms with Gasteiger partial charge in [0, 0.05) is 38.6 Å². The van der Waals surface area contributed by atoms with Crippen LogP contribution in [0.3, 0.4) is 0 Å². The normalized spacial score (nSPS) is 15.2. The zero-order chi connectivity index (χ0) is 19.7. The van der Waals surface area contributed by atoms with Gasteiger partial charge in [0.15, 0.2) is 0 Å². The number of benzene rings is 1. The number of thiophene rings is 1. The molecule has 1 aromatic carbocycles. The molecule has 1 aliphatic heterocycles. The molecule has 148 valence electrons. The predicted octanol–water partition coefficient (Wildman–Crippen LogP) is 3.11. The van der Waals surface area contributed by atoms with E-state index >= 15 is 0 Å². The van der Waals surface area contributed by atoms with Crippen molar-refractivity contribution in [1.82, 2.24) is 19.6 Å². The Morgan fingerprint density at radius 3 is 2.75 bits per heavy atom. The Morgan fingerprint density at radius 1 is 1.25 bits per heavy atom. The molecule has 0 atom stereocenters. The highest BCUT2D eigenvalue weighted by molar-refractivity contribution is 7.20. The number of para-hydroxylation sites is 1. The quantitative estimate of drug-likeness (QED) is 0.663. The van der Waals surface area contributed by atoms with Crippen LogP contribution in [0.4, 0.5) is 0 Å². The van der Waals surface area contributed by atoms with Crippen molar-refractivity contribution in [2.24, 2.45) is 0 Å². The summed E-state index contributed by atoms with van der Waals surface area (Å²) in [6, 6.07) is 10.2. The summed E-state index contributed by atoms with van der Waals surface area (Å²) < 4.78 is 7.35. The molecule has 1 saturated heterocycles. The van der Waals surface area contributed by atoms with Gasteiger partial charge in [-0.2, -0.15) is 5.10 Å². The van der Waals surface area contributed by atoms with Crippen LogP contribution < -0.4 is 0 Å². The Hall–Kier alpha value is -2.22. The van der Waals surface area contributed by atoms with E-state index in [4.69, 9.17) is 9.84 Å². The number of hydrogen-bond acceptors (Lipinski definition) is 5. The van der Waals surface area contributed by atoms with E-state index in [1.165, 1.54) is 11.3 Å². The van der Waals surface area contributed by atoms with E-state index in [9.17, 15) is 4.79 Å². The number of rotatable bonds is 5. The third kappa shape index (κ3) is 3.70. The molecular formula is C21H26N4O2S. The lowest BCUT2D eigenvalue weighted by atomic mass is 10.2. The van der Waals surface area contributed by atoms with Gasteiger partial charge >= 0.3 is 0 Å². The van der Waals surface area contributed by atoms with Crippen LogP contribution in [0.1, 0.15) is 20.9 Å². The van der Waals surface area contributed by atoms with E-state index in [1.54, 1.807) is 0 Å². The summed E-state index contributed by atoms with van der Waals surface area (Å²) in [7, 11) is 1.88. The number of hydrogen-bond donors (Lipinski definition) is 0. The highest BCUT2D eigenvalue weighted by Crippen LogP contribution is 2.31. The van der Waals surface area contributed by atoms with Crippen LogP contribution in [-0.4, -0.2) is 71.9 Å². The van der Waals surface area contributed by atoms with Gasteiger partial charge in [-0.3, -0.25) is 9.69 Å². The molecule has 0 bridgehead atoms. The fraction of sp³-hybridized carbons (Fsp3) is 0.429. The number of carbonyl (C=O) groups excluding carboxylic acids is 1. The maximum Gasteiger partial charge on any atom is 0.263 e. The Morgan fingerprint density at radius 2 is 2.00 bits per heavy atom. The van der Waals surface area contributed by atoms with Crippen molar-refractivity contribution in [1.29, 1.82) is 0 Å². The fourth-order valence-electron chi connectivity index (χ4n) is 3.52. The minimum Gasteiger partial charge on any atom is -0.379 e. The first-order valence-electron chi connectivity index (χ1n) is 9.65. The predicted molar refractivity (Wildman–Crippen MR) is 113 cm³/mol. The number of amides is 1. The number of fused-ring (bicyclic) bond motifs is 1. The molecule has 3 heterocycles. The number of aromatic nitrogens is 2. The van der Waals surface area contributed by atoms with Crippen molar-refractivity contribution in [3.63, 3.8) is 0 Å². The lowest BCUT2D eigenvalue weighted by Gasteiger charge is -2.28. The Bertz CT molecular complexity index is 988. The summed E-state index contributed by atoms with van der Waals surface area (Å²) in [4.78, 5) is 18.9. The van der Waals surface area contributed by atoms with Crippen LogP contribution in [0, 0.1) is 13.8 Å². The van der Waals surface area contributed by atoms with Gasteiger partial charge in [0.1, 0.15) is 4.83 Å². The number of aryl methyl sites for hydroxylation is 2. The van der Waals surface area contributed by atoms with Gasteiger partial charge in [-0.1, -0.05) is 18.2 Å². The van der Waals surface area contributed by atoms with Gasteiger partial charge in [-0.15, -0.1) is 11.3 Å². The van der Waals surface area contributed by atoms with E-state index in [0.29, 0.717) is 0 Å². The number of ether oxygens (including phenoxy) is 1. The van der Waals surface area contributed by atoms with Gasteiger partial charge in [0.2, 0.25) is 0 Å². The van der Waals surface area contributed by atoms with Crippen molar-refractivity contribution in [2.45, 2.75) is 13.8 Å². The molecule has 1 amide bonds. The molecule has 0 saturated carbocycles. The van der Waals surface area contributed by atoms with Crippen LogP contribution in [-0.2, 0) is 4.74 Å². The third-order valence-electron chi connectivity index (χ3n) is 5.30. The van der Waals surface area contributed by atoms with E-state index < -0.39 is 0 Å². The molecule has 1 fully saturated rings. The number of carbonyl (C=O) groups is 1. The van der Waals surface area contributed by atoms with E-state index in [-0.39, 0.29) is 5.91 Å². The lowest BCUT2D eigenvalue weighted by molar-refractivity contribution is 0.0339. The minimum absolute atomic E-state index is 0.0743. The second kappa shape index (κ2) is 8.03. The Labute approximate surface area is 169 Å². The topological polar surface area (TPSA) is 50.6 Å². The molecule has 4 rings (SSSR count). The van der Waals surface area contributed by atoms with Gasteiger partial charge in [0.05, 0.1) is 29.5 Å². The molecule has 28 heavy (non-hydrogen) atoms. The lowest BCUT2D eigenvalue weighted by Crippen LogP contribution is -2.41. The van der Waals surface area contributed by atoms with E-state index in [0.717, 1.165) is 71.4 Å². The molecular weight excluding hydrogens is 372 g/mol. The zero-order valence-corrected chi connectivity index (χ0v) is 17.5. The molecule has 7 heteroatoms. The second-order valence-electron chi connectivity index (χ2n) is 7.29. The van der Waals surface area contributed by atoms with Gasteiger partial charge in [-0.05, 0) is 31.5 Å². The molecule has 2 aromatic heterocycles. The van der Waals surface area contributed by atoms with Crippen molar-refractivity contribution < 1.29 is 9.53 Å². The molecule has 0 unspecified atom stereocenters. The molecule has 0 radical (unpaired) electrons. The first-order chi connectivity index (χ1) is 13.5. The Kier molecular flexibility index (Phi) is 5.48. The largest absolute Gasteiger partial charge is 0.379 e. The minimum atomic E-state index is 0.0743. The molecule has 0 spiro atoms. The van der Waals surface area contributed by atoms with Crippen molar-refractivity contribution in [3.8, 4) is 5.69 Å². The average molecular weight is 399 g/mol. The zero-order valence-electron chi connectivity index (χ0n) is 16.6. The van der Waals surface area contributed by atoms with Crippen LogP contribution in [0.5, 0.6) is 0 Å². The summed E-state index contributed by atoms with van der Waals surface area (Å²) in [6.45, 7) is 9.12. The van der Waals surface area contributed by atoms with Gasteiger partial charge in [0.25, 0.3) is 5.91 Å². The van der Waals surface area contributed by atoms with Crippen molar-refractivity contribution in [2.75, 3.05) is 46.4 Å². The smallest absolute Gasteiger partial charge is 0.263 e. The average Bonchev–Trinajstić information content (AvgIpc) is 3.27. The maximum atomic E-state index is 13.0. The van der Waals surface area contributed by atoms with Crippen LogP contribution in [0.2, 0.25) is 0 Å². The van der Waals surface area contributed by atoms with Crippen molar-refractivity contribution >= 4 is 27.5 Å². The number of likely N-dealkylation sites (N-methyl/N-ethyl adjacent to an activating group) is 1. The second-order valence-corrected chi connectivity index (χ2v) is 8.32. The molecule has 6 nitrogen and oxygen atoms in total. The highest BCUT2D eigenvalue weighted by Gasteiger charge is 2.21. The monoisotopic (exact) mass is 398 g/mol. The van der Waals surface area contributed by atoms with Crippen molar-refractivity contribution in [3.05, 3.63) is 46.5 Å². The SMILES string of the molecule is Cc1ccccc1-n1nc(C)c2cc(C(=O)N(C)CCN3CCOCC3)sc21. The fourth-order valence-corrected chi connectivity index (χ4v) is 4.69.